The number of aliphatic carboxylic acids is 1. The number of carboxylic acids is 1. The molecule has 2 fully saturated rings. The molecule has 4 atom stereocenters. The van der Waals surface area contributed by atoms with Crippen LogP contribution in [-0.2, 0) is 11.2 Å². The minimum Gasteiger partial charge on any atom is -0.494 e. The Bertz CT molecular complexity index is 1270. The van der Waals surface area contributed by atoms with Crippen LogP contribution in [0.25, 0.3) is 0 Å². The average Bonchev–Trinajstić information content (AvgIpc) is 3.31. The number of piperidine rings is 1. The van der Waals surface area contributed by atoms with Crippen LogP contribution in [0.4, 0.5) is 15.8 Å². The van der Waals surface area contributed by atoms with E-state index in [1.165, 1.54) is 11.6 Å². The molecule has 2 aliphatic rings. The van der Waals surface area contributed by atoms with Crippen LogP contribution in [0.2, 0.25) is 0 Å². The molecule has 3 aromatic rings. The number of anilines is 2. The van der Waals surface area contributed by atoms with E-state index in [1.54, 1.807) is 12.1 Å². The number of benzene rings is 3. The highest BCUT2D eigenvalue weighted by atomic mass is 19.1. The van der Waals surface area contributed by atoms with E-state index in [-0.39, 0.29) is 30.3 Å². The quantitative estimate of drug-likeness (QED) is 0.316. The lowest BCUT2D eigenvalue weighted by atomic mass is 9.88. The molecular formula is C33H39FN2O4. The molecule has 0 spiro atoms. The number of hydrogen-bond donors (Lipinski definition) is 1. The van der Waals surface area contributed by atoms with Gasteiger partial charge < -0.3 is 24.4 Å². The Balaban J connectivity index is 1.32. The Morgan fingerprint density at radius 2 is 1.77 bits per heavy atom. The van der Waals surface area contributed by atoms with Gasteiger partial charge in [-0.25, -0.2) is 4.39 Å². The number of rotatable bonds is 10. The highest BCUT2D eigenvalue weighted by Gasteiger charge is 2.33. The second-order valence-electron chi connectivity index (χ2n) is 11.1. The summed E-state index contributed by atoms with van der Waals surface area (Å²) < 4.78 is 27.1. The van der Waals surface area contributed by atoms with Gasteiger partial charge in [-0.3, -0.25) is 4.79 Å². The summed E-state index contributed by atoms with van der Waals surface area (Å²) in [4.78, 5) is 15.7. The zero-order valence-corrected chi connectivity index (χ0v) is 23.3. The number of hydrogen-bond acceptors (Lipinski definition) is 5. The van der Waals surface area contributed by atoms with Crippen molar-refractivity contribution in [3.05, 3.63) is 84.2 Å². The molecule has 3 aromatic carbocycles. The van der Waals surface area contributed by atoms with Crippen LogP contribution in [0.5, 0.6) is 11.5 Å². The van der Waals surface area contributed by atoms with Crippen molar-refractivity contribution in [2.45, 2.75) is 51.7 Å². The zero-order valence-electron chi connectivity index (χ0n) is 23.3. The van der Waals surface area contributed by atoms with Crippen LogP contribution in [-0.4, -0.2) is 49.5 Å². The predicted molar refractivity (Wildman–Crippen MR) is 156 cm³/mol. The first kappa shape index (κ1) is 27.8. The predicted octanol–water partition coefficient (Wildman–Crippen LogP) is 6.43. The van der Waals surface area contributed by atoms with Crippen LogP contribution < -0.4 is 19.3 Å². The van der Waals surface area contributed by atoms with Crippen molar-refractivity contribution >= 4 is 17.3 Å². The summed E-state index contributed by atoms with van der Waals surface area (Å²) in [7, 11) is 0. The van der Waals surface area contributed by atoms with Crippen LogP contribution >= 0.6 is 0 Å². The van der Waals surface area contributed by atoms with Gasteiger partial charge in [-0.15, -0.1) is 0 Å². The molecule has 2 unspecified atom stereocenters. The molecule has 1 N–H and O–H groups in total. The molecule has 0 radical (unpaired) electrons. The van der Waals surface area contributed by atoms with E-state index < -0.39 is 5.97 Å². The van der Waals surface area contributed by atoms with Crippen LogP contribution in [0.1, 0.15) is 38.7 Å². The highest BCUT2D eigenvalue weighted by Crippen LogP contribution is 2.35. The van der Waals surface area contributed by atoms with Gasteiger partial charge in [0, 0.05) is 49.8 Å². The van der Waals surface area contributed by atoms with Gasteiger partial charge in [-0.2, -0.15) is 0 Å². The summed E-state index contributed by atoms with van der Waals surface area (Å²) in [6, 6.07) is 23.4. The molecule has 0 aromatic heterocycles. The van der Waals surface area contributed by atoms with E-state index in [4.69, 9.17) is 9.47 Å². The van der Waals surface area contributed by atoms with Gasteiger partial charge in [0.1, 0.15) is 23.4 Å². The number of ether oxygens (including phenoxy) is 2. The van der Waals surface area contributed by atoms with Crippen molar-refractivity contribution in [2.75, 3.05) is 36.0 Å². The molecule has 2 heterocycles. The highest BCUT2D eigenvalue weighted by molar-refractivity contribution is 5.69. The maximum Gasteiger partial charge on any atom is 0.305 e. The number of nitrogens with zero attached hydrogens (tertiary/aromatic N) is 2. The average molecular weight is 547 g/mol. The third-order valence-corrected chi connectivity index (χ3v) is 8.06. The summed E-state index contributed by atoms with van der Waals surface area (Å²) in [5, 5.41) is 9.35. The van der Waals surface area contributed by atoms with Crippen molar-refractivity contribution in [3.63, 3.8) is 0 Å². The fourth-order valence-electron chi connectivity index (χ4n) is 6.24. The lowest BCUT2D eigenvalue weighted by Gasteiger charge is -2.40. The molecule has 0 aliphatic carbocycles. The normalized spacial score (nSPS) is 22.8. The van der Waals surface area contributed by atoms with Crippen LogP contribution in [0.3, 0.4) is 0 Å². The third-order valence-electron chi connectivity index (χ3n) is 8.06. The molecule has 6 nitrogen and oxygen atoms in total. The topological polar surface area (TPSA) is 62.2 Å². The molecule has 212 valence electrons. The Labute approximate surface area is 236 Å². The Morgan fingerprint density at radius 3 is 2.50 bits per heavy atom. The Kier molecular flexibility index (Phi) is 8.78. The van der Waals surface area contributed by atoms with Gasteiger partial charge in [-0.1, -0.05) is 37.3 Å². The minimum absolute atomic E-state index is 0.0143. The van der Waals surface area contributed by atoms with Crippen molar-refractivity contribution in [1.29, 1.82) is 0 Å². The van der Waals surface area contributed by atoms with Gasteiger partial charge in [0.05, 0.1) is 18.7 Å². The first-order valence-corrected chi connectivity index (χ1v) is 14.4. The molecule has 5 rings (SSSR count). The van der Waals surface area contributed by atoms with E-state index in [0.29, 0.717) is 37.1 Å². The molecule has 0 bridgehead atoms. The first-order valence-electron chi connectivity index (χ1n) is 14.4. The molecule has 7 heteroatoms. The third kappa shape index (κ3) is 6.69. The largest absolute Gasteiger partial charge is 0.494 e. The van der Waals surface area contributed by atoms with E-state index in [0.717, 1.165) is 37.2 Å². The molecular weight excluding hydrogens is 507 g/mol. The molecule has 0 saturated carbocycles. The van der Waals surface area contributed by atoms with Crippen molar-refractivity contribution in [2.24, 2.45) is 11.8 Å². The molecule has 40 heavy (non-hydrogen) atoms. The maximum absolute atomic E-state index is 14.9. The van der Waals surface area contributed by atoms with Crippen molar-refractivity contribution in [3.8, 4) is 11.5 Å². The Hall–Kier alpha value is -3.74. The van der Waals surface area contributed by atoms with Gasteiger partial charge in [-0.05, 0) is 67.6 Å². The summed E-state index contributed by atoms with van der Waals surface area (Å²) in [5.74, 6) is 1.09. The molecule has 0 amide bonds. The first-order chi connectivity index (χ1) is 19.4. The molecule has 2 saturated heterocycles. The van der Waals surface area contributed by atoms with Crippen molar-refractivity contribution < 1.29 is 23.8 Å². The van der Waals surface area contributed by atoms with Gasteiger partial charge in [0.15, 0.2) is 0 Å². The number of carboxylic acid groups (broad SMARTS) is 1. The molecule has 2 aliphatic heterocycles. The summed E-state index contributed by atoms with van der Waals surface area (Å²) in [5.41, 5.74) is 2.83. The second kappa shape index (κ2) is 12.6. The van der Waals surface area contributed by atoms with Crippen LogP contribution in [0, 0.1) is 17.7 Å². The smallest absolute Gasteiger partial charge is 0.305 e. The fourth-order valence-corrected chi connectivity index (χ4v) is 6.24. The van der Waals surface area contributed by atoms with E-state index >= 15 is 0 Å². The summed E-state index contributed by atoms with van der Waals surface area (Å²) in [6.07, 6.45) is 2.61. The number of halogens is 1. The van der Waals surface area contributed by atoms with Crippen molar-refractivity contribution in [1.82, 2.24) is 0 Å². The maximum atomic E-state index is 14.9. The minimum atomic E-state index is -0.760. The standard InChI is InChI=1S/C33H39FN2O4/c1-3-39-29-13-14-30(34)31(20-29)35-16-15-32(25(22-35)18-24-7-5-4-6-8-24)40-28-11-9-26(10-12-28)36-21-23(2)17-27(36)19-33(37)38/h4-14,20,23,25,27,32H,3,15-19,21-22H2,1-2H3,(H,37,38)/t23-,25?,27-,32?/m1/s1. The van der Waals surface area contributed by atoms with Crippen LogP contribution in [0.15, 0.2) is 72.8 Å². The van der Waals surface area contributed by atoms with E-state index in [1.807, 2.05) is 49.4 Å². The van der Waals surface area contributed by atoms with E-state index in [9.17, 15) is 14.3 Å². The lowest BCUT2D eigenvalue weighted by molar-refractivity contribution is -0.137. The summed E-state index contributed by atoms with van der Waals surface area (Å²) >= 11 is 0. The zero-order chi connectivity index (χ0) is 28.1. The summed E-state index contributed by atoms with van der Waals surface area (Å²) in [6.45, 7) is 6.85. The van der Waals surface area contributed by atoms with Gasteiger partial charge in [0.2, 0.25) is 0 Å². The Morgan fingerprint density at radius 1 is 1.02 bits per heavy atom. The van der Waals surface area contributed by atoms with Gasteiger partial charge in [0.25, 0.3) is 0 Å². The lowest BCUT2D eigenvalue weighted by Crippen LogP contribution is -2.46. The second-order valence-corrected chi connectivity index (χ2v) is 11.1. The monoisotopic (exact) mass is 546 g/mol. The fraction of sp³-hybridized carbons (Fsp3) is 0.424. The number of carbonyl (C=O) groups is 1. The van der Waals surface area contributed by atoms with E-state index in [2.05, 4.69) is 28.9 Å². The van der Waals surface area contributed by atoms with Gasteiger partial charge >= 0.3 is 5.97 Å². The SMILES string of the molecule is CCOc1ccc(F)c(N2CCC(Oc3ccc(N4C[C@H](C)C[C@@H]4CC(=O)O)cc3)C(Cc3ccccc3)C2)c1.